The number of halogens is 1. The summed E-state index contributed by atoms with van der Waals surface area (Å²) in [5.74, 6) is -0.147. The van der Waals surface area contributed by atoms with E-state index in [1.54, 1.807) is 25.2 Å². The first-order valence-corrected chi connectivity index (χ1v) is 5.80. The molecule has 1 aromatic heterocycles. The van der Waals surface area contributed by atoms with Crippen LogP contribution in [0.4, 0.5) is 15.9 Å². The molecule has 6 nitrogen and oxygen atoms in total. The van der Waals surface area contributed by atoms with Crippen LogP contribution in [0.2, 0.25) is 0 Å². The Hall–Kier alpha value is -2.70. The summed E-state index contributed by atoms with van der Waals surface area (Å²) in [5.41, 5.74) is 0.305. The molecule has 2 aromatic rings. The number of nitrogens with zero attached hydrogens (tertiary/aromatic N) is 2. The Morgan fingerprint density at radius 3 is 2.85 bits per heavy atom. The van der Waals surface area contributed by atoms with Crippen LogP contribution in [0.1, 0.15) is 5.69 Å². The number of nitro benzene ring substituents is 1. The van der Waals surface area contributed by atoms with Crippen LogP contribution in [0.25, 0.3) is 0 Å². The van der Waals surface area contributed by atoms with Crippen LogP contribution in [0.5, 0.6) is 5.75 Å². The Morgan fingerprint density at radius 1 is 1.40 bits per heavy atom. The van der Waals surface area contributed by atoms with Gasteiger partial charge in [0.15, 0.2) is 11.6 Å². The van der Waals surface area contributed by atoms with Gasteiger partial charge in [-0.15, -0.1) is 0 Å². The third-order valence-electron chi connectivity index (χ3n) is 2.56. The maximum atomic E-state index is 13.6. The van der Waals surface area contributed by atoms with Crippen LogP contribution in [0.15, 0.2) is 36.4 Å². The molecule has 0 aliphatic carbocycles. The molecule has 0 unspecified atom stereocenters. The number of ether oxygens (including phenoxy) is 1. The van der Waals surface area contributed by atoms with Crippen molar-refractivity contribution in [2.75, 3.05) is 12.4 Å². The van der Waals surface area contributed by atoms with Crippen LogP contribution >= 0.6 is 0 Å². The fourth-order valence-corrected chi connectivity index (χ4v) is 1.57. The largest absolute Gasteiger partial charge is 0.484 e. The number of nitro groups is 1. The lowest BCUT2D eigenvalue weighted by atomic mass is 10.3. The van der Waals surface area contributed by atoms with Crippen LogP contribution in [-0.2, 0) is 6.61 Å². The van der Waals surface area contributed by atoms with Gasteiger partial charge in [0.25, 0.3) is 5.69 Å². The molecule has 0 aliphatic heterocycles. The highest BCUT2D eigenvalue weighted by atomic mass is 19.1. The molecule has 104 valence electrons. The number of anilines is 1. The van der Waals surface area contributed by atoms with Crippen molar-refractivity contribution < 1.29 is 14.1 Å². The number of pyridine rings is 1. The second-order valence-corrected chi connectivity index (χ2v) is 3.92. The van der Waals surface area contributed by atoms with E-state index in [1.165, 1.54) is 12.1 Å². The van der Waals surface area contributed by atoms with E-state index in [4.69, 9.17) is 4.74 Å². The zero-order valence-electron chi connectivity index (χ0n) is 10.7. The summed E-state index contributed by atoms with van der Waals surface area (Å²) >= 11 is 0. The van der Waals surface area contributed by atoms with E-state index in [0.29, 0.717) is 11.5 Å². The van der Waals surface area contributed by atoms with E-state index in [2.05, 4.69) is 10.3 Å². The van der Waals surface area contributed by atoms with Crippen LogP contribution < -0.4 is 10.1 Å². The Morgan fingerprint density at radius 2 is 2.20 bits per heavy atom. The van der Waals surface area contributed by atoms with E-state index < -0.39 is 10.7 Å². The number of nitrogens with one attached hydrogen (secondary N) is 1. The summed E-state index contributed by atoms with van der Waals surface area (Å²) in [7, 11) is 1.74. The minimum absolute atomic E-state index is 0.0488. The van der Waals surface area contributed by atoms with Gasteiger partial charge >= 0.3 is 0 Å². The molecule has 2 rings (SSSR count). The van der Waals surface area contributed by atoms with Crippen LogP contribution in [0, 0.1) is 15.9 Å². The van der Waals surface area contributed by atoms with Gasteiger partial charge < -0.3 is 10.1 Å². The van der Waals surface area contributed by atoms with Crippen molar-refractivity contribution in [3.05, 3.63) is 58.0 Å². The van der Waals surface area contributed by atoms with Crippen molar-refractivity contribution in [2.45, 2.75) is 6.61 Å². The van der Waals surface area contributed by atoms with E-state index in [9.17, 15) is 14.5 Å². The summed E-state index contributed by atoms with van der Waals surface area (Å²) < 4.78 is 18.9. The highest BCUT2D eigenvalue weighted by Crippen LogP contribution is 2.23. The van der Waals surface area contributed by atoms with Gasteiger partial charge in [0, 0.05) is 13.1 Å². The Balaban J connectivity index is 2.08. The van der Waals surface area contributed by atoms with E-state index >= 15 is 0 Å². The molecule has 0 fully saturated rings. The smallest absolute Gasteiger partial charge is 0.272 e. The predicted octanol–water partition coefficient (Wildman–Crippen LogP) is 2.75. The van der Waals surface area contributed by atoms with Gasteiger partial charge in [-0.3, -0.25) is 10.1 Å². The molecule has 0 aliphatic rings. The van der Waals surface area contributed by atoms with Crippen LogP contribution in [0.3, 0.4) is 0 Å². The summed E-state index contributed by atoms with van der Waals surface area (Å²) in [5, 5.41) is 13.4. The standard InChI is InChI=1S/C13H12FN3O3/c1-15-13-4-2-3-9(16-13)8-20-12-6-5-10(17(18)19)7-11(12)14/h2-7H,8H2,1H3,(H,15,16). The van der Waals surface area contributed by atoms with Crippen LogP contribution in [-0.4, -0.2) is 17.0 Å². The van der Waals surface area contributed by atoms with Gasteiger partial charge in [-0.1, -0.05) is 6.07 Å². The van der Waals surface area contributed by atoms with E-state index in [1.807, 2.05) is 0 Å². The molecule has 1 aromatic carbocycles. The van der Waals surface area contributed by atoms with Crippen molar-refractivity contribution in [3.8, 4) is 5.75 Å². The summed E-state index contributed by atoms with van der Waals surface area (Å²) in [6.45, 7) is 0.0737. The number of hydrogen-bond acceptors (Lipinski definition) is 5. The lowest BCUT2D eigenvalue weighted by Gasteiger charge is -2.07. The van der Waals surface area contributed by atoms with Gasteiger partial charge in [0.2, 0.25) is 0 Å². The number of aromatic nitrogens is 1. The summed E-state index contributed by atoms with van der Waals surface area (Å²) in [6.07, 6.45) is 0. The highest BCUT2D eigenvalue weighted by Gasteiger charge is 2.11. The average molecular weight is 277 g/mol. The Labute approximate surface area is 114 Å². The number of hydrogen-bond donors (Lipinski definition) is 1. The molecule has 0 spiro atoms. The van der Waals surface area contributed by atoms with Crippen molar-refractivity contribution in [2.24, 2.45) is 0 Å². The Kier molecular flexibility index (Phi) is 4.09. The van der Waals surface area contributed by atoms with Crippen molar-refractivity contribution >= 4 is 11.5 Å². The molecule has 0 saturated carbocycles. The SMILES string of the molecule is CNc1cccc(COc2ccc([N+](=O)[O-])cc2F)n1. The molecular weight excluding hydrogens is 265 g/mol. The monoisotopic (exact) mass is 277 g/mol. The fraction of sp³-hybridized carbons (Fsp3) is 0.154. The third-order valence-corrected chi connectivity index (χ3v) is 2.56. The molecular formula is C13H12FN3O3. The molecule has 1 heterocycles. The first-order chi connectivity index (χ1) is 9.60. The van der Waals surface area contributed by atoms with Gasteiger partial charge in [-0.2, -0.15) is 0 Å². The molecule has 0 atom stereocenters. The molecule has 20 heavy (non-hydrogen) atoms. The zero-order valence-corrected chi connectivity index (χ0v) is 10.7. The number of benzene rings is 1. The van der Waals surface area contributed by atoms with Gasteiger partial charge in [0.05, 0.1) is 16.7 Å². The molecule has 1 N–H and O–H groups in total. The maximum Gasteiger partial charge on any atom is 0.272 e. The average Bonchev–Trinajstić information content (AvgIpc) is 2.46. The van der Waals surface area contributed by atoms with Gasteiger partial charge in [-0.05, 0) is 18.2 Å². The summed E-state index contributed by atoms with van der Waals surface area (Å²) in [4.78, 5) is 14.0. The van der Waals surface area contributed by atoms with Gasteiger partial charge in [0.1, 0.15) is 12.4 Å². The Bertz CT molecular complexity index is 634. The minimum Gasteiger partial charge on any atom is -0.484 e. The summed E-state index contributed by atoms with van der Waals surface area (Å²) in [6, 6.07) is 8.57. The second-order valence-electron chi connectivity index (χ2n) is 3.92. The quantitative estimate of drug-likeness (QED) is 0.671. The molecule has 0 radical (unpaired) electrons. The number of rotatable bonds is 5. The van der Waals surface area contributed by atoms with Crippen molar-refractivity contribution in [1.29, 1.82) is 0 Å². The first-order valence-electron chi connectivity index (χ1n) is 5.80. The molecule has 0 saturated heterocycles. The molecule has 0 amide bonds. The maximum absolute atomic E-state index is 13.6. The van der Waals surface area contributed by atoms with E-state index in [-0.39, 0.29) is 18.0 Å². The van der Waals surface area contributed by atoms with Crippen molar-refractivity contribution in [1.82, 2.24) is 4.98 Å². The number of non-ortho nitro benzene ring substituents is 1. The lowest BCUT2D eigenvalue weighted by molar-refractivity contribution is -0.385. The topological polar surface area (TPSA) is 77.3 Å². The third kappa shape index (κ3) is 3.19. The predicted molar refractivity (Wildman–Crippen MR) is 71.2 cm³/mol. The highest BCUT2D eigenvalue weighted by molar-refractivity contribution is 5.38. The minimum atomic E-state index is -0.774. The zero-order chi connectivity index (χ0) is 14.5. The lowest BCUT2D eigenvalue weighted by Crippen LogP contribution is -2.02. The molecule has 0 bridgehead atoms. The normalized spacial score (nSPS) is 10.1. The fourth-order valence-electron chi connectivity index (χ4n) is 1.57. The second kappa shape index (κ2) is 5.96. The van der Waals surface area contributed by atoms with E-state index in [0.717, 1.165) is 6.07 Å². The van der Waals surface area contributed by atoms with Gasteiger partial charge in [-0.25, -0.2) is 9.37 Å². The molecule has 7 heteroatoms. The van der Waals surface area contributed by atoms with Crippen molar-refractivity contribution in [3.63, 3.8) is 0 Å². The first kappa shape index (κ1) is 13.7.